The Kier molecular flexibility index (Phi) is 5.59. The van der Waals surface area contributed by atoms with Gasteiger partial charge in [-0.2, -0.15) is 0 Å². The SMILES string of the molecule is CC1(C)c2ccccc2-c2ccc(-c3ccc4sc5ccc(-c6ccc7c(c6)C(C)(C)c6ccccc6-7)cc5c(=S)c4c3)cc21. The van der Waals surface area contributed by atoms with E-state index in [2.05, 4.69) is 149 Å². The fourth-order valence-electron chi connectivity index (χ4n) is 7.98. The molecule has 0 bridgehead atoms. The molecule has 0 radical (unpaired) electrons. The van der Waals surface area contributed by atoms with Crippen LogP contribution in [0.3, 0.4) is 0 Å². The highest BCUT2D eigenvalue weighted by Gasteiger charge is 2.36. The molecule has 0 fully saturated rings. The molecule has 0 saturated heterocycles. The van der Waals surface area contributed by atoms with Crippen molar-refractivity contribution < 1.29 is 0 Å². The molecule has 0 N–H and O–H groups in total. The van der Waals surface area contributed by atoms with E-state index in [0.29, 0.717) is 0 Å². The predicted octanol–water partition coefficient (Wildman–Crippen LogP) is 12.7. The van der Waals surface area contributed by atoms with E-state index in [9.17, 15) is 0 Å². The smallest absolute Gasteiger partial charge is 0.0550 e. The third-order valence-corrected chi connectivity index (χ3v) is 12.1. The summed E-state index contributed by atoms with van der Waals surface area (Å²) in [5.74, 6) is 0. The summed E-state index contributed by atoms with van der Waals surface area (Å²) in [4.78, 5) is 0. The van der Waals surface area contributed by atoms with E-state index in [4.69, 9.17) is 12.2 Å². The van der Waals surface area contributed by atoms with Crippen molar-refractivity contribution in [3.63, 3.8) is 0 Å². The molecule has 0 amide bonds. The summed E-state index contributed by atoms with van der Waals surface area (Å²) in [6.45, 7) is 9.37. The number of hydrogen-bond acceptors (Lipinski definition) is 2. The Morgan fingerprint density at radius 2 is 0.800 bits per heavy atom. The molecule has 6 aromatic carbocycles. The van der Waals surface area contributed by atoms with Gasteiger partial charge in [0.25, 0.3) is 0 Å². The van der Waals surface area contributed by atoms with Gasteiger partial charge in [0, 0.05) is 31.0 Å². The molecular formula is C43H32S2. The van der Waals surface area contributed by atoms with Crippen LogP contribution in [0.15, 0.2) is 121 Å². The molecule has 0 aliphatic heterocycles. The lowest BCUT2D eigenvalue weighted by Gasteiger charge is -2.22. The molecule has 45 heavy (non-hydrogen) atoms. The molecule has 1 heterocycles. The number of fused-ring (bicyclic) bond motifs is 8. The maximum atomic E-state index is 6.25. The summed E-state index contributed by atoms with van der Waals surface area (Å²) < 4.78 is 3.40. The van der Waals surface area contributed by atoms with Crippen molar-refractivity contribution >= 4 is 43.7 Å². The minimum atomic E-state index is -0.0216. The molecule has 0 nitrogen and oxygen atoms in total. The minimum Gasteiger partial charge on any atom is -0.135 e. The minimum absolute atomic E-state index is 0.0216. The van der Waals surface area contributed by atoms with Crippen LogP contribution in [0.4, 0.5) is 0 Å². The third kappa shape index (κ3) is 3.79. The van der Waals surface area contributed by atoms with Crippen LogP contribution in [0.1, 0.15) is 49.9 Å². The van der Waals surface area contributed by atoms with Crippen molar-refractivity contribution in [2.24, 2.45) is 0 Å². The van der Waals surface area contributed by atoms with Crippen molar-refractivity contribution in [1.29, 1.82) is 0 Å². The lowest BCUT2D eigenvalue weighted by molar-refractivity contribution is 0.660. The maximum absolute atomic E-state index is 6.25. The van der Waals surface area contributed by atoms with Gasteiger partial charge in [0.2, 0.25) is 0 Å². The quantitative estimate of drug-likeness (QED) is 0.138. The zero-order valence-electron chi connectivity index (χ0n) is 25.9. The van der Waals surface area contributed by atoms with Gasteiger partial charge in [0.15, 0.2) is 0 Å². The summed E-state index contributed by atoms with van der Waals surface area (Å²) >= 11 is 8.08. The average Bonchev–Trinajstić information content (AvgIpc) is 3.44. The van der Waals surface area contributed by atoms with Crippen LogP contribution in [0, 0.1) is 4.51 Å². The first-order valence-electron chi connectivity index (χ1n) is 15.7. The number of benzene rings is 6. The fraction of sp³-hybridized carbons (Fsp3) is 0.140. The van der Waals surface area contributed by atoms with E-state index >= 15 is 0 Å². The molecule has 9 rings (SSSR count). The predicted molar refractivity (Wildman–Crippen MR) is 196 cm³/mol. The van der Waals surface area contributed by atoms with E-state index in [-0.39, 0.29) is 10.8 Å². The summed E-state index contributed by atoms with van der Waals surface area (Å²) in [6, 6.07) is 45.3. The number of rotatable bonds is 2. The second kappa shape index (κ2) is 9.33. The molecule has 0 spiro atoms. The van der Waals surface area contributed by atoms with E-state index < -0.39 is 0 Å². The molecule has 216 valence electrons. The molecule has 7 aromatic rings. The lowest BCUT2D eigenvalue weighted by Crippen LogP contribution is -2.14. The first kappa shape index (κ1) is 27.0. The van der Waals surface area contributed by atoms with E-state index in [1.54, 1.807) is 0 Å². The summed E-state index contributed by atoms with van der Waals surface area (Å²) in [7, 11) is 0. The van der Waals surface area contributed by atoms with Crippen molar-refractivity contribution in [3.05, 3.63) is 148 Å². The van der Waals surface area contributed by atoms with Crippen LogP contribution in [0.2, 0.25) is 0 Å². The second-order valence-electron chi connectivity index (χ2n) is 13.7. The standard InChI is InChI=1S/C43H32S2/c1-42(2)35-11-7-5-9-29(35)31-17-13-27(23-37(31)42)25-15-19-39-33(21-25)41(44)34-22-26(16-20-40(34)45-39)28-14-18-32-30-10-6-8-12-36(30)43(3,4)38(32)24-28/h5-24H,1-4H3. The summed E-state index contributed by atoms with van der Waals surface area (Å²) in [5, 5.41) is 2.32. The third-order valence-electron chi connectivity index (χ3n) is 10.5. The summed E-state index contributed by atoms with van der Waals surface area (Å²) in [5.41, 5.74) is 15.9. The Hall–Kier alpha value is -4.37. The Labute approximate surface area is 273 Å². The first-order valence-corrected chi connectivity index (χ1v) is 16.9. The lowest BCUT2D eigenvalue weighted by atomic mass is 9.81. The van der Waals surface area contributed by atoms with Gasteiger partial charge in [-0.3, -0.25) is 0 Å². The topological polar surface area (TPSA) is 0 Å². The normalized spacial score (nSPS) is 15.1. The Morgan fingerprint density at radius 3 is 1.27 bits per heavy atom. The second-order valence-corrected chi connectivity index (χ2v) is 15.2. The van der Waals surface area contributed by atoms with Crippen molar-refractivity contribution in [1.82, 2.24) is 0 Å². The van der Waals surface area contributed by atoms with Gasteiger partial charge in [-0.1, -0.05) is 125 Å². The van der Waals surface area contributed by atoms with Crippen molar-refractivity contribution in [3.8, 4) is 44.5 Å². The zero-order chi connectivity index (χ0) is 30.7. The summed E-state index contributed by atoms with van der Waals surface area (Å²) in [6.07, 6.45) is 0. The Bertz CT molecular complexity index is 2290. The van der Waals surface area contributed by atoms with E-state index in [1.807, 2.05) is 11.3 Å². The molecule has 1 aromatic heterocycles. The molecule has 0 saturated carbocycles. The molecule has 2 aliphatic rings. The van der Waals surface area contributed by atoms with Crippen LogP contribution in [-0.4, -0.2) is 0 Å². The van der Waals surface area contributed by atoms with Crippen LogP contribution >= 0.6 is 23.6 Å². The molecule has 0 unspecified atom stereocenters. The highest BCUT2D eigenvalue weighted by Crippen LogP contribution is 2.51. The zero-order valence-corrected chi connectivity index (χ0v) is 27.5. The highest BCUT2D eigenvalue weighted by molar-refractivity contribution is 7.72. The fourth-order valence-corrected chi connectivity index (χ4v) is 9.50. The highest BCUT2D eigenvalue weighted by atomic mass is 32.1. The van der Waals surface area contributed by atoms with Crippen LogP contribution in [0.25, 0.3) is 64.7 Å². The molecule has 2 heteroatoms. The van der Waals surface area contributed by atoms with Crippen molar-refractivity contribution in [2.45, 2.75) is 38.5 Å². The van der Waals surface area contributed by atoms with Crippen LogP contribution < -0.4 is 0 Å². The average molecular weight is 613 g/mol. The van der Waals surface area contributed by atoms with E-state index in [1.165, 1.54) is 76.2 Å². The molecule has 0 atom stereocenters. The van der Waals surface area contributed by atoms with Gasteiger partial charge in [0.1, 0.15) is 0 Å². The van der Waals surface area contributed by atoms with Gasteiger partial charge in [-0.15, -0.1) is 11.3 Å². The Balaban J connectivity index is 1.14. The van der Waals surface area contributed by atoms with Gasteiger partial charge < -0.3 is 0 Å². The van der Waals surface area contributed by atoms with Crippen LogP contribution in [0.5, 0.6) is 0 Å². The first-order chi connectivity index (χ1) is 21.7. The molecule has 2 aliphatic carbocycles. The van der Waals surface area contributed by atoms with Crippen LogP contribution in [-0.2, 0) is 10.8 Å². The van der Waals surface area contributed by atoms with Crippen molar-refractivity contribution in [2.75, 3.05) is 0 Å². The van der Waals surface area contributed by atoms with Gasteiger partial charge in [-0.05, 0) is 103 Å². The van der Waals surface area contributed by atoms with Gasteiger partial charge >= 0.3 is 0 Å². The molecular weight excluding hydrogens is 581 g/mol. The monoisotopic (exact) mass is 612 g/mol. The maximum Gasteiger partial charge on any atom is 0.0550 e. The van der Waals surface area contributed by atoms with E-state index in [0.717, 1.165) is 15.3 Å². The van der Waals surface area contributed by atoms with Gasteiger partial charge in [-0.25, -0.2) is 0 Å². The Morgan fingerprint density at radius 1 is 0.422 bits per heavy atom. The van der Waals surface area contributed by atoms with Gasteiger partial charge in [0.05, 0.1) is 4.51 Å². The number of hydrogen-bond donors (Lipinski definition) is 0. The largest absolute Gasteiger partial charge is 0.135 e.